The van der Waals surface area contributed by atoms with E-state index < -0.39 is 0 Å². The maximum atomic E-state index is 5.67. The summed E-state index contributed by atoms with van der Waals surface area (Å²) in [5.74, 6) is 1.54. The fourth-order valence-corrected chi connectivity index (χ4v) is 2.44. The van der Waals surface area contributed by atoms with Crippen LogP contribution in [0.25, 0.3) is 11.3 Å². The molecule has 5 nitrogen and oxygen atoms in total. The maximum absolute atomic E-state index is 5.67. The van der Waals surface area contributed by atoms with Gasteiger partial charge in [-0.2, -0.15) is 5.10 Å². The number of hydrogen-bond donors (Lipinski definition) is 2. The third-order valence-electron chi connectivity index (χ3n) is 3.33. The van der Waals surface area contributed by atoms with Crippen molar-refractivity contribution in [1.29, 1.82) is 0 Å². The summed E-state index contributed by atoms with van der Waals surface area (Å²) in [5, 5.41) is 6.95. The van der Waals surface area contributed by atoms with Crippen molar-refractivity contribution in [1.82, 2.24) is 15.2 Å². The van der Waals surface area contributed by atoms with Crippen molar-refractivity contribution < 1.29 is 0 Å². The van der Waals surface area contributed by atoms with Crippen LogP contribution in [0.4, 0.5) is 11.6 Å². The lowest BCUT2D eigenvalue weighted by atomic mass is 10.1. The highest BCUT2D eigenvalue weighted by Gasteiger charge is 2.17. The van der Waals surface area contributed by atoms with Gasteiger partial charge in [0.05, 0.1) is 5.69 Å². The molecule has 0 saturated carbocycles. The largest absolute Gasteiger partial charge is 0.382 e. The molecule has 94 valence electrons. The number of H-pyrrole nitrogens is 1. The van der Waals surface area contributed by atoms with Gasteiger partial charge < -0.3 is 10.6 Å². The lowest BCUT2D eigenvalue weighted by Gasteiger charge is -2.29. The van der Waals surface area contributed by atoms with Gasteiger partial charge >= 0.3 is 0 Å². The summed E-state index contributed by atoms with van der Waals surface area (Å²) in [4.78, 5) is 6.87. The second-order valence-electron chi connectivity index (χ2n) is 4.63. The molecule has 18 heavy (non-hydrogen) atoms. The molecule has 0 bridgehead atoms. The zero-order valence-electron chi connectivity index (χ0n) is 10.3. The molecular formula is C13H17N5. The summed E-state index contributed by atoms with van der Waals surface area (Å²) in [7, 11) is 0. The van der Waals surface area contributed by atoms with Crippen molar-refractivity contribution in [3.63, 3.8) is 0 Å². The molecule has 0 amide bonds. The monoisotopic (exact) mass is 243 g/mol. The molecule has 5 heteroatoms. The van der Waals surface area contributed by atoms with Crippen LogP contribution in [0, 0.1) is 0 Å². The number of nitrogens with zero attached hydrogens (tertiary/aromatic N) is 3. The topological polar surface area (TPSA) is 70.8 Å². The number of aromatic nitrogens is 3. The van der Waals surface area contributed by atoms with Gasteiger partial charge in [-0.1, -0.05) is 0 Å². The van der Waals surface area contributed by atoms with Crippen LogP contribution in [-0.4, -0.2) is 28.3 Å². The highest BCUT2D eigenvalue weighted by Crippen LogP contribution is 2.29. The molecule has 1 saturated heterocycles. The van der Waals surface area contributed by atoms with Crippen LogP contribution in [0.3, 0.4) is 0 Å². The predicted molar refractivity (Wildman–Crippen MR) is 72.3 cm³/mol. The summed E-state index contributed by atoms with van der Waals surface area (Å²) in [6.45, 7) is 2.15. The normalized spacial score (nSPS) is 15.9. The first-order chi connectivity index (χ1) is 8.84. The van der Waals surface area contributed by atoms with E-state index in [1.807, 2.05) is 18.3 Å². The molecule has 0 spiro atoms. The number of hydrogen-bond acceptors (Lipinski definition) is 4. The molecule has 1 fully saturated rings. The van der Waals surface area contributed by atoms with Gasteiger partial charge in [0.2, 0.25) is 0 Å². The van der Waals surface area contributed by atoms with E-state index >= 15 is 0 Å². The maximum Gasteiger partial charge on any atom is 0.145 e. The zero-order chi connectivity index (χ0) is 12.4. The van der Waals surface area contributed by atoms with Crippen LogP contribution in [0.2, 0.25) is 0 Å². The average Bonchev–Trinajstić information content (AvgIpc) is 2.86. The smallest absolute Gasteiger partial charge is 0.145 e. The molecule has 2 aromatic heterocycles. The van der Waals surface area contributed by atoms with Gasteiger partial charge in [0, 0.05) is 30.9 Å². The van der Waals surface area contributed by atoms with Crippen molar-refractivity contribution in [2.24, 2.45) is 0 Å². The van der Waals surface area contributed by atoms with E-state index in [0.29, 0.717) is 5.82 Å². The summed E-state index contributed by atoms with van der Waals surface area (Å²) >= 11 is 0. The van der Waals surface area contributed by atoms with E-state index in [4.69, 9.17) is 5.73 Å². The standard InChI is InChI=1S/C13H17N5/c14-12-9-11(16-17-12)10-5-4-6-15-13(10)18-7-2-1-3-8-18/h4-6,9H,1-3,7-8H2,(H3,14,16,17). The Morgan fingerprint density at radius 2 is 2.06 bits per heavy atom. The van der Waals surface area contributed by atoms with Gasteiger partial charge in [0.25, 0.3) is 0 Å². The number of aromatic amines is 1. The number of anilines is 2. The van der Waals surface area contributed by atoms with Gasteiger partial charge in [0.15, 0.2) is 0 Å². The second-order valence-corrected chi connectivity index (χ2v) is 4.63. The zero-order valence-corrected chi connectivity index (χ0v) is 10.3. The summed E-state index contributed by atoms with van der Waals surface area (Å²) in [6.07, 6.45) is 5.63. The second kappa shape index (κ2) is 4.68. The first kappa shape index (κ1) is 11.1. The quantitative estimate of drug-likeness (QED) is 0.846. The SMILES string of the molecule is Nc1cc(-c2cccnc2N2CCCCC2)[nH]n1. The van der Waals surface area contributed by atoms with E-state index in [1.54, 1.807) is 0 Å². The minimum atomic E-state index is 0.512. The summed E-state index contributed by atoms with van der Waals surface area (Å²) in [5.41, 5.74) is 7.67. The summed E-state index contributed by atoms with van der Waals surface area (Å²) < 4.78 is 0. The fraction of sp³-hybridized carbons (Fsp3) is 0.385. The van der Waals surface area contributed by atoms with E-state index in [9.17, 15) is 0 Å². The first-order valence-corrected chi connectivity index (χ1v) is 6.36. The highest BCUT2D eigenvalue weighted by atomic mass is 15.2. The molecule has 3 N–H and O–H groups in total. The van der Waals surface area contributed by atoms with Crippen LogP contribution in [0.1, 0.15) is 19.3 Å². The summed E-state index contributed by atoms with van der Waals surface area (Å²) in [6, 6.07) is 5.86. The molecule has 2 aromatic rings. The minimum absolute atomic E-state index is 0.512. The third kappa shape index (κ3) is 2.03. The van der Waals surface area contributed by atoms with Crippen LogP contribution in [0.15, 0.2) is 24.4 Å². The van der Waals surface area contributed by atoms with Crippen LogP contribution < -0.4 is 10.6 Å². The third-order valence-corrected chi connectivity index (χ3v) is 3.33. The fourth-order valence-electron chi connectivity index (χ4n) is 2.44. The molecule has 0 aromatic carbocycles. The number of nitrogens with two attached hydrogens (primary N) is 1. The number of rotatable bonds is 2. The van der Waals surface area contributed by atoms with Gasteiger partial charge in [0.1, 0.15) is 11.6 Å². The van der Waals surface area contributed by atoms with Crippen molar-refractivity contribution in [3.05, 3.63) is 24.4 Å². The Morgan fingerprint density at radius 3 is 2.78 bits per heavy atom. The average molecular weight is 243 g/mol. The lowest BCUT2D eigenvalue weighted by Crippen LogP contribution is -2.30. The Balaban J connectivity index is 1.99. The number of piperidine rings is 1. The Labute approximate surface area is 106 Å². The Hall–Kier alpha value is -2.04. The minimum Gasteiger partial charge on any atom is -0.382 e. The Bertz CT molecular complexity index is 528. The molecule has 0 atom stereocenters. The van der Waals surface area contributed by atoms with Crippen molar-refractivity contribution in [3.8, 4) is 11.3 Å². The molecular weight excluding hydrogens is 226 g/mol. The van der Waals surface area contributed by atoms with Crippen molar-refractivity contribution in [2.45, 2.75) is 19.3 Å². The molecule has 0 unspecified atom stereocenters. The number of nitrogens with one attached hydrogen (secondary N) is 1. The molecule has 0 radical (unpaired) electrons. The van der Waals surface area contributed by atoms with Gasteiger partial charge in [-0.15, -0.1) is 0 Å². The Morgan fingerprint density at radius 1 is 1.22 bits per heavy atom. The molecule has 3 rings (SSSR count). The van der Waals surface area contributed by atoms with Crippen molar-refractivity contribution >= 4 is 11.6 Å². The van der Waals surface area contributed by atoms with E-state index in [0.717, 1.165) is 30.2 Å². The van der Waals surface area contributed by atoms with E-state index in [-0.39, 0.29) is 0 Å². The molecule has 1 aliphatic rings. The number of nitrogen functional groups attached to an aromatic ring is 1. The van der Waals surface area contributed by atoms with E-state index in [2.05, 4.69) is 26.1 Å². The highest BCUT2D eigenvalue weighted by molar-refractivity contribution is 5.74. The van der Waals surface area contributed by atoms with Gasteiger partial charge in [-0.05, 0) is 31.4 Å². The lowest BCUT2D eigenvalue weighted by molar-refractivity contribution is 0.574. The first-order valence-electron chi connectivity index (χ1n) is 6.36. The number of pyridine rings is 1. The molecule has 3 heterocycles. The van der Waals surface area contributed by atoms with E-state index in [1.165, 1.54) is 19.3 Å². The predicted octanol–water partition coefficient (Wildman–Crippen LogP) is 2.04. The van der Waals surface area contributed by atoms with Crippen LogP contribution in [0.5, 0.6) is 0 Å². The van der Waals surface area contributed by atoms with Gasteiger partial charge in [-0.3, -0.25) is 5.10 Å². The molecule has 0 aliphatic carbocycles. The van der Waals surface area contributed by atoms with Crippen LogP contribution >= 0.6 is 0 Å². The van der Waals surface area contributed by atoms with Crippen LogP contribution in [-0.2, 0) is 0 Å². The Kier molecular flexibility index (Phi) is 2.88. The molecule has 1 aliphatic heterocycles. The van der Waals surface area contributed by atoms with Gasteiger partial charge in [-0.25, -0.2) is 4.98 Å². The van der Waals surface area contributed by atoms with Crippen molar-refractivity contribution in [2.75, 3.05) is 23.7 Å².